The van der Waals surface area contributed by atoms with Crippen molar-refractivity contribution < 1.29 is 19.5 Å². The Hall–Kier alpha value is -2.81. The summed E-state index contributed by atoms with van der Waals surface area (Å²) in [6.45, 7) is -0.754. The molecule has 94 valence electrons. The van der Waals surface area contributed by atoms with Gasteiger partial charge in [0.05, 0.1) is 12.5 Å². The number of fused-ring (bicyclic) bond motifs is 1. The van der Waals surface area contributed by atoms with E-state index in [1.807, 2.05) is 0 Å². The number of carbonyl (C=O) groups excluding carboxylic acids is 3. The minimum atomic E-state index is -1.48. The van der Waals surface area contributed by atoms with Crippen LogP contribution in [0.25, 0.3) is 0 Å². The Morgan fingerprint density at radius 3 is 2.21 bits per heavy atom. The Morgan fingerprint density at radius 2 is 1.79 bits per heavy atom. The highest BCUT2D eigenvalue weighted by Gasteiger charge is 2.41. The molecule has 0 bridgehead atoms. The number of hydrogen-bond acceptors (Lipinski definition) is 6. The van der Waals surface area contributed by atoms with E-state index < -0.39 is 35.7 Å². The van der Waals surface area contributed by atoms with Crippen molar-refractivity contribution in [2.24, 2.45) is 10.9 Å². The van der Waals surface area contributed by atoms with Crippen LogP contribution in [0.1, 0.15) is 20.7 Å². The van der Waals surface area contributed by atoms with Crippen LogP contribution in [0.4, 0.5) is 0 Å². The topological polar surface area (TPSA) is 110 Å². The summed E-state index contributed by atoms with van der Waals surface area (Å²) in [6.07, 6.45) is 0. The summed E-state index contributed by atoms with van der Waals surface area (Å²) in [5, 5.41) is 19.2. The second kappa shape index (κ2) is 4.82. The lowest BCUT2D eigenvalue weighted by Crippen LogP contribution is -2.29. The molecule has 19 heavy (non-hydrogen) atoms. The lowest BCUT2D eigenvalue weighted by atomic mass is 9.98. The number of benzene rings is 1. The molecule has 0 heterocycles. The third-order valence-corrected chi connectivity index (χ3v) is 2.75. The van der Waals surface area contributed by atoms with Gasteiger partial charge in [-0.3, -0.25) is 14.6 Å². The van der Waals surface area contributed by atoms with E-state index in [0.29, 0.717) is 0 Å². The summed E-state index contributed by atoms with van der Waals surface area (Å²) in [7, 11) is 0. The van der Waals surface area contributed by atoms with Crippen LogP contribution in [-0.2, 0) is 4.79 Å². The smallest absolute Gasteiger partial charge is 0.181 e. The van der Waals surface area contributed by atoms with Crippen LogP contribution >= 0.6 is 0 Å². The first-order valence-electron chi connectivity index (χ1n) is 5.38. The Bertz CT molecular complexity index is 620. The molecule has 0 fully saturated rings. The summed E-state index contributed by atoms with van der Waals surface area (Å²) in [4.78, 5) is 37.9. The fourth-order valence-electron chi connectivity index (χ4n) is 1.93. The molecular weight excluding hydrogens is 248 g/mol. The van der Waals surface area contributed by atoms with Crippen molar-refractivity contribution >= 4 is 23.2 Å². The first-order chi connectivity index (χ1) is 9.06. The highest BCUT2D eigenvalue weighted by molar-refractivity contribution is 6.38. The molecule has 0 saturated heterocycles. The van der Waals surface area contributed by atoms with Gasteiger partial charge in [-0.2, -0.15) is 5.26 Å². The summed E-state index contributed by atoms with van der Waals surface area (Å²) in [6, 6.07) is 7.81. The van der Waals surface area contributed by atoms with Gasteiger partial charge in [-0.1, -0.05) is 24.3 Å². The normalized spacial score (nSPS) is 15.2. The van der Waals surface area contributed by atoms with Crippen molar-refractivity contribution in [3.8, 4) is 6.07 Å². The van der Waals surface area contributed by atoms with Gasteiger partial charge >= 0.3 is 0 Å². The molecule has 2 rings (SSSR count). The third kappa shape index (κ3) is 2.13. The molecule has 1 aliphatic rings. The quantitative estimate of drug-likeness (QED) is 0.528. The number of aliphatic carboxylic acids is 1. The van der Waals surface area contributed by atoms with Gasteiger partial charge in [0.2, 0.25) is 0 Å². The predicted octanol–water partition coefficient (Wildman–Crippen LogP) is -0.604. The first kappa shape index (κ1) is 12.6. The van der Waals surface area contributed by atoms with Crippen molar-refractivity contribution in [2.45, 2.75) is 0 Å². The Morgan fingerprint density at radius 1 is 1.26 bits per heavy atom. The standard InChI is InChI=1S/C13H8N2O4/c14-5-9(15-6-10(16)17)11-12(18)7-3-1-2-4-8(7)13(11)19/h1-4,11H,6H2,(H,16,17)/p-1. The van der Waals surface area contributed by atoms with E-state index in [4.69, 9.17) is 5.26 Å². The molecular formula is C13H7N2O4-. The molecule has 6 nitrogen and oxygen atoms in total. The summed E-state index contributed by atoms with van der Waals surface area (Å²) >= 11 is 0. The van der Waals surface area contributed by atoms with E-state index in [1.54, 1.807) is 18.2 Å². The molecule has 1 aromatic carbocycles. The Kier molecular flexibility index (Phi) is 3.21. The van der Waals surface area contributed by atoms with E-state index >= 15 is 0 Å². The minimum Gasteiger partial charge on any atom is -0.548 e. The van der Waals surface area contributed by atoms with E-state index in [1.165, 1.54) is 12.1 Å². The number of nitriles is 1. The summed E-state index contributed by atoms with van der Waals surface area (Å²) < 4.78 is 0. The summed E-state index contributed by atoms with van der Waals surface area (Å²) in [5.41, 5.74) is 0.0678. The van der Waals surface area contributed by atoms with Crippen LogP contribution in [0.5, 0.6) is 0 Å². The van der Waals surface area contributed by atoms with Crippen molar-refractivity contribution in [2.75, 3.05) is 6.54 Å². The van der Waals surface area contributed by atoms with Gasteiger partial charge < -0.3 is 9.90 Å². The van der Waals surface area contributed by atoms with Gasteiger partial charge in [0, 0.05) is 11.1 Å². The number of Topliss-reactive ketones (excluding diaryl/α,β-unsaturated/α-hetero) is 2. The van der Waals surface area contributed by atoms with Crippen molar-refractivity contribution in [3.05, 3.63) is 35.4 Å². The number of hydrogen-bond donors (Lipinski definition) is 0. The first-order valence-corrected chi connectivity index (χ1v) is 5.38. The number of nitrogens with zero attached hydrogens (tertiary/aromatic N) is 2. The maximum atomic E-state index is 12.0. The molecule has 0 spiro atoms. The van der Waals surface area contributed by atoms with Gasteiger partial charge in [0.15, 0.2) is 11.6 Å². The van der Waals surface area contributed by atoms with Crippen LogP contribution in [0.3, 0.4) is 0 Å². The molecule has 0 saturated carbocycles. The highest BCUT2D eigenvalue weighted by Crippen LogP contribution is 2.27. The Labute approximate surface area is 108 Å². The van der Waals surface area contributed by atoms with E-state index in [9.17, 15) is 19.5 Å². The molecule has 0 atom stereocenters. The molecule has 0 N–H and O–H groups in total. The fourth-order valence-corrected chi connectivity index (χ4v) is 1.93. The molecule has 0 radical (unpaired) electrons. The van der Waals surface area contributed by atoms with Gasteiger partial charge in [-0.25, -0.2) is 0 Å². The zero-order chi connectivity index (χ0) is 14.0. The number of rotatable bonds is 3. The predicted molar refractivity (Wildman–Crippen MR) is 61.5 cm³/mol. The van der Waals surface area contributed by atoms with Crippen LogP contribution in [0, 0.1) is 17.2 Å². The number of carbonyl (C=O) groups is 3. The fraction of sp³-hybridized carbons (Fsp3) is 0.154. The zero-order valence-electron chi connectivity index (χ0n) is 9.62. The van der Waals surface area contributed by atoms with Crippen LogP contribution < -0.4 is 5.11 Å². The van der Waals surface area contributed by atoms with Crippen LogP contribution in [-0.4, -0.2) is 29.8 Å². The van der Waals surface area contributed by atoms with Crippen molar-refractivity contribution in [3.63, 3.8) is 0 Å². The third-order valence-electron chi connectivity index (χ3n) is 2.75. The molecule has 0 aliphatic heterocycles. The number of aliphatic imine (C=N–C) groups is 1. The number of ketones is 2. The molecule has 0 amide bonds. The summed E-state index contributed by atoms with van der Waals surface area (Å²) in [5.74, 6) is -3.87. The maximum Gasteiger partial charge on any atom is 0.181 e. The molecule has 6 heteroatoms. The minimum absolute atomic E-state index is 0.230. The van der Waals surface area contributed by atoms with Gasteiger partial charge in [-0.15, -0.1) is 0 Å². The maximum absolute atomic E-state index is 12.0. The molecule has 1 aliphatic carbocycles. The average molecular weight is 255 g/mol. The van der Waals surface area contributed by atoms with Crippen molar-refractivity contribution in [1.29, 1.82) is 5.26 Å². The Balaban J connectivity index is 2.41. The zero-order valence-corrected chi connectivity index (χ0v) is 9.62. The highest BCUT2D eigenvalue weighted by atomic mass is 16.4. The largest absolute Gasteiger partial charge is 0.548 e. The SMILES string of the molecule is N#CC(=NCC(=O)[O-])C1C(=O)c2ccccc2C1=O. The second-order valence-electron chi connectivity index (χ2n) is 3.89. The van der Waals surface area contributed by atoms with Crippen LogP contribution in [0.2, 0.25) is 0 Å². The van der Waals surface area contributed by atoms with Gasteiger partial charge in [-0.05, 0) is 0 Å². The lowest BCUT2D eigenvalue weighted by Gasteiger charge is -2.04. The monoisotopic (exact) mass is 255 g/mol. The number of carboxylic acids is 1. The molecule has 0 unspecified atom stereocenters. The van der Waals surface area contributed by atoms with Gasteiger partial charge in [0.1, 0.15) is 17.7 Å². The van der Waals surface area contributed by atoms with Crippen molar-refractivity contribution in [1.82, 2.24) is 0 Å². The number of carboxylic acid groups (broad SMARTS) is 1. The van der Waals surface area contributed by atoms with Gasteiger partial charge in [0.25, 0.3) is 0 Å². The van der Waals surface area contributed by atoms with E-state index in [2.05, 4.69) is 4.99 Å². The lowest BCUT2D eigenvalue weighted by molar-refractivity contribution is -0.303. The van der Waals surface area contributed by atoms with E-state index in [0.717, 1.165) is 0 Å². The average Bonchev–Trinajstić information content (AvgIpc) is 2.65. The molecule has 1 aromatic rings. The molecule has 0 aromatic heterocycles. The second-order valence-corrected chi connectivity index (χ2v) is 3.89. The van der Waals surface area contributed by atoms with Crippen LogP contribution in [0.15, 0.2) is 29.3 Å². The van der Waals surface area contributed by atoms with E-state index in [-0.39, 0.29) is 11.1 Å².